The van der Waals surface area contributed by atoms with Crippen molar-refractivity contribution in [1.29, 1.82) is 0 Å². The van der Waals surface area contributed by atoms with Crippen molar-refractivity contribution in [3.05, 3.63) is 23.2 Å². The molecule has 0 spiro atoms. The van der Waals surface area contributed by atoms with Crippen LogP contribution in [0.25, 0.3) is 0 Å². The van der Waals surface area contributed by atoms with E-state index in [2.05, 4.69) is 5.32 Å². The molecule has 0 atom stereocenters. The minimum atomic E-state index is -3.41. The van der Waals surface area contributed by atoms with Gasteiger partial charge < -0.3 is 10.4 Å². The fourth-order valence-electron chi connectivity index (χ4n) is 1.26. The molecule has 0 aliphatic carbocycles. The highest BCUT2D eigenvalue weighted by Gasteiger charge is 2.12. The molecule has 0 aromatic heterocycles. The van der Waals surface area contributed by atoms with Gasteiger partial charge in [-0.1, -0.05) is 11.6 Å². The Kier molecular flexibility index (Phi) is 4.90. The molecular formula is C11H12ClNO5S. The second kappa shape index (κ2) is 6.03. The zero-order chi connectivity index (χ0) is 14.6. The number of carboxylic acids is 1. The maximum absolute atomic E-state index is 11.4. The van der Waals surface area contributed by atoms with E-state index in [1.54, 1.807) is 0 Å². The number of sulfone groups is 1. The molecule has 1 amide bonds. The molecular weight excluding hydrogens is 294 g/mol. The van der Waals surface area contributed by atoms with Crippen LogP contribution in [-0.2, 0) is 19.4 Å². The summed E-state index contributed by atoms with van der Waals surface area (Å²) in [5.74, 6) is -1.64. The molecule has 1 rings (SSSR count). The smallest absolute Gasteiger partial charge is 0.303 e. The fraction of sp³-hybridized carbons (Fsp3) is 0.273. The van der Waals surface area contributed by atoms with E-state index in [0.29, 0.717) is 0 Å². The molecule has 6 nitrogen and oxygen atoms in total. The third kappa shape index (κ3) is 4.88. The number of nitrogens with one attached hydrogen (secondary N) is 1. The summed E-state index contributed by atoms with van der Waals surface area (Å²) >= 11 is 5.83. The van der Waals surface area contributed by atoms with Crippen LogP contribution in [0.15, 0.2) is 23.1 Å². The number of anilines is 1. The summed E-state index contributed by atoms with van der Waals surface area (Å²) in [6.07, 6.45) is 0.510. The lowest BCUT2D eigenvalue weighted by molar-refractivity contribution is -0.138. The molecule has 0 aliphatic heterocycles. The number of hydrogen-bond donors (Lipinski definition) is 2. The van der Waals surface area contributed by atoms with Crippen LogP contribution >= 0.6 is 11.6 Å². The normalized spacial score (nSPS) is 11.1. The molecule has 0 bridgehead atoms. The maximum Gasteiger partial charge on any atom is 0.303 e. The number of benzene rings is 1. The minimum absolute atomic E-state index is 0.0189. The van der Waals surface area contributed by atoms with Crippen LogP contribution in [0.5, 0.6) is 0 Å². The highest BCUT2D eigenvalue weighted by Crippen LogP contribution is 2.25. The predicted octanol–water partition coefficient (Wildman–Crippen LogP) is 1.55. The Bertz CT molecular complexity index is 612. The molecule has 0 radical (unpaired) electrons. The average molecular weight is 306 g/mol. The van der Waals surface area contributed by atoms with Crippen LogP contribution in [0.3, 0.4) is 0 Å². The van der Waals surface area contributed by atoms with E-state index in [-0.39, 0.29) is 28.4 Å². The van der Waals surface area contributed by atoms with Gasteiger partial charge in [-0.15, -0.1) is 0 Å². The number of carboxylic acid groups (broad SMARTS) is 1. The van der Waals surface area contributed by atoms with Gasteiger partial charge in [0.15, 0.2) is 9.84 Å². The van der Waals surface area contributed by atoms with Crippen LogP contribution in [0.1, 0.15) is 12.8 Å². The minimum Gasteiger partial charge on any atom is -0.481 e. The van der Waals surface area contributed by atoms with Crippen molar-refractivity contribution in [2.24, 2.45) is 0 Å². The van der Waals surface area contributed by atoms with Crippen molar-refractivity contribution in [3.63, 3.8) is 0 Å². The lowest BCUT2D eigenvalue weighted by Gasteiger charge is -2.08. The average Bonchev–Trinajstić information content (AvgIpc) is 2.28. The second-order valence-corrected chi connectivity index (χ2v) is 6.28. The van der Waals surface area contributed by atoms with Crippen molar-refractivity contribution in [2.45, 2.75) is 17.7 Å². The molecule has 0 saturated carbocycles. The Morgan fingerprint density at radius 3 is 2.47 bits per heavy atom. The molecule has 1 aromatic carbocycles. The van der Waals surface area contributed by atoms with Crippen molar-refractivity contribution in [1.82, 2.24) is 0 Å². The molecule has 0 unspecified atom stereocenters. The van der Waals surface area contributed by atoms with Crippen LogP contribution in [-0.4, -0.2) is 31.7 Å². The first-order valence-corrected chi connectivity index (χ1v) is 7.48. The van der Waals surface area contributed by atoms with E-state index >= 15 is 0 Å². The van der Waals surface area contributed by atoms with Gasteiger partial charge in [-0.2, -0.15) is 0 Å². The Labute approximate surface area is 115 Å². The SMILES string of the molecule is CS(=O)(=O)c1ccc(Cl)c(NC(=O)CCC(=O)O)c1. The fourth-order valence-corrected chi connectivity index (χ4v) is 2.08. The van der Waals surface area contributed by atoms with Gasteiger partial charge in [0.1, 0.15) is 0 Å². The Morgan fingerprint density at radius 2 is 1.95 bits per heavy atom. The zero-order valence-corrected chi connectivity index (χ0v) is 11.6. The first-order valence-electron chi connectivity index (χ1n) is 5.21. The third-order valence-electron chi connectivity index (χ3n) is 2.21. The summed E-state index contributed by atoms with van der Waals surface area (Å²) in [7, 11) is -3.41. The molecule has 1 aromatic rings. The van der Waals surface area contributed by atoms with Gasteiger partial charge >= 0.3 is 5.97 Å². The van der Waals surface area contributed by atoms with Crippen LogP contribution < -0.4 is 5.32 Å². The highest BCUT2D eigenvalue weighted by atomic mass is 35.5. The van der Waals surface area contributed by atoms with Crippen LogP contribution in [0.4, 0.5) is 5.69 Å². The van der Waals surface area contributed by atoms with Gasteiger partial charge in [-0.3, -0.25) is 9.59 Å². The first kappa shape index (κ1) is 15.5. The summed E-state index contributed by atoms with van der Waals surface area (Å²) < 4.78 is 22.7. The summed E-state index contributed by atoms with van der Waals surface area (Å²) in [4.78, 5) is 21.8. The summed E-state index contributed by atoms with van der Waals surface area (Å²) in [6, 6.07) is 3.91. The van der Waals surface area contributed by atoms with Crippen molar-refractivity contribution >= 4 is 39.0 Å². The Hall–Kier alpha value is -1.60. The van der Waals surface area contributed by atoms with Crippen molar-refractivity contribution in [3.8, 4) is 0 Å². The van der Waals surface area contributed by atoms with E-state index in [1.165, 1.54) is 18.2 Å². The first-order chi connectivity index (χ1) is 8.70. The molecule has 8 heteroatoms. The molecule has 104 valence electrons. The Balaban J connectivity index is 2.89. The van der Waals surface area contributed by atoms with E-state index in [9.17, 15) is 18.0 Å². The quantitative estimate of drug-likeness (QED) is 0.859. The van der Waals surface area contributed by atoms with Gasteiger partial charge in [0, 0.05) is 12.7 Å². The van der Waals surface area contributed by atoms with Gasteiger partial charge in [0.05, 0.1) is 22.0 Å². The van der Waals surface area contributed by atoms with E-state index < -0.39 is 21.7 Å². The van der Waals surface area contributed by atoms with Crippen molar-refractivity contribution < 1.29 is 23.1 Å². The third-order valence-corrected chi connectivity index (χ3v) is 3.65. The molecule has 0 aliphatic rings. The number of carbonyl (C=O) groups excluding carboxylic acids is 1. The summed E-state index contributed by atoms with van der Waals surface area (Å²) in [5.41, 5.74) is 0.139. The number of rotatable bonds is 5. The van der Waals surface area contributed by atoms with Crippen molar-refractivity contribution in [2.75, 3.05) is 11.6 Å². The molecule has 0 fully saturated rings. The number of amides is 1. The number of halogens is 1. The lowest BCUT2D eigenvalue weighted by atomic mass is 10.2. The maximum atomic E-state index is 11.4. The number of carbonyl (C=O) groups is 2. The molecule has 0 heterocycles. The summed E-state index contributed by atoms with van der Waals surface area (Å²) in [6.45, 7) is 0. The monoisotopic (exact) mass is 305 g/mol. The van der Waals surface area contributed by atoms with Gasteiger partial charge in [0.25, 0.3) is 0 Å². The zero-order valence-electron chi connectivity index (χ0n) is 10.0. The highest BCUT2D eigenvalue weighted by molar-refractivity contribution is 7.90. The van der Waals surface area contributed by atoms with Gasteiger partial charge in [-0.05, 0) is 18.2 Å². The van der Waals surface area contributed by atoms with E-state index in [4.69, 9.17) is 16.7 Å². The largest absolute Gasteiger partial charge is 0.481 e. The second-order valence-electron chi connectivity index (χ2n) is 3.86. The molecule has 0 saturated heterocycles. The van der Waals surface area contributed by atoms with Crippen LogP contribution in [0.2, 0.25) is 5.02 Å². The summed E-state index contributed by atoms with van der Waals surface area (Å²) in [5, 5.41) is 11.0. The predicted molar refractivity (Wildman–Crippen MR) is 70.1 cm³/mol. The number of hydrogen-bond acceptors (Lipinski definition) is 4. The van der Waals surface area contributed by atoms with E-state index in [0.717, 1.165) is 6.26 Å². The van der Waals surface area contributed by atoms with Crippen LogP contribution in [0, 0.1) is 0 Å². The Morgan fingerprint density at radius 1 is 1.32 bits per heavy atom. The molecule has 2 N–H and O–H groups in total. The lowest BCUT2D eigenvalue weighted by Crippen LogP contribution is -2.14. The standard InChI is InChI=1S/C11H12ClNO5S/c1-19(17,18)7-2-3-8(12)9(6-7)13-10(14)4-5-11(15)16/h2-3,6H,4-5H2,1H3,(H,13,14)(H,15,16). The topological polar surface area (TPSA) is 101 Å². The molecule has 19 heavy (non-hydrogen) atoms. The van der Waals surface area contributed by atoms with Gasteiger partial charge in [0.2, 0.25) is 5.91 Å². The number of aliphatic carboxylic acids is 1. The van der Waals surface area contributed by atoms with E-state index in [1.807, 2.05) is 0 Å². The van der Waals surface area contributed by atoms with Gasteiger partial charge in [-0.25, -0.2) is 8.42 Å².